The number of alkyl halides is 3. The molecule has 2 nitrogen and oxygen atoms in total. The molecule has 0 saturated carbocycles. The monoisotopic (exact) mass is 208 g/mol. The average molecular weight is 208 g/mol. The fourth-order valence-corrected chi connectivity index (χ4v) is 1.28. The lowest BCUT2D eigenvalue weighted by molar-refractivity contribution is -0.189. The molecule has 80 valence electrons. The number of ether oxygens (including phenoxy) is 1. The molecule has 5 heteroatoms. The van der Waals surface area contributed by atoms with Gasteiger partial charge in [0.2, 0.25) is 0 Å². The van der Waals surface area contributed by atoms with Gasteiger partial charge in [-0.3, -0.25) is 4.79 Å². The van der Waals surface area contributed by atoms with E-state index in [-0.39, 0.29) is 0 Å². The first-order valence-corrected chi connectivity index (χ1v) is 4.37. The lowest BCUT2D eigenvalue weighted by Gasteiger charge is -2.16. The molecule has 14 heavy (non-hydrogen) atoms. The van der Waals surface area contributed by atoms with Gasteiger partial charge in [-0.1, -0.05) is 12.2 Å². The van der Waals surface area contributed by atoms with Gasteiger partial charge in [-0.05, 0) is 19.3 Å². The lowest BCUT2D eigenvalue weighted by Crippen LogP contribution is -2.25. The maximum absolute atomic E-state index is 11.7. The van der Waals surface area contributed by atoms with E-state index in [4.69, 9.17) is 0 Å². The molecule has 0 saturated heterocycles. The first-order chi connectivity index (χ1) is 6.49. The Hall–Kier alpha value is -1.00. The van der Waals surface area contributed by atoms with Crippen molar-refractivity contribution in [2.75, 3.05) is 6.61 Å². The van der Waals surface area contributed by atoms with Crippen molar-refractivity contribution in [3.05, 3.63) is 12.2 Å². The van der Waals surface area contributed by atoms with E-state index >= 15 is 0 Å². The minimum absolute atomic E-state index is 0.401. The van der Waals surface area contributed by atoms with Crippen molar-refractivity contribution in [3.63, 3.8) is 0 Å². The van der Waals surface area contributed by atoms with Gasteiger partial charge in [0.1, 0.15) is 0 Å². The van der Waals surface area contributed by atoms with Crippen molar-refractivity contribution < 1.29 is 22.7 Å². The van der Waals surface area contributed by atoms with E-state index in [1.54, 1.807) is 6.08 Å². The molecule has 0 aliphatic heterocycles. The second kappa shape index (κ2) is 4.48. The number of allylic oxidation sites excluding steroid dienone is 2. The molecule has 0 aromatic carbocycles. The molecule has 0 N–H and O–H groups in total. The standard InChI is InChI=1S/C9H11F3O2/c10-9(11,12)6-14-8(13)7-4-2-1-3-5-7/h1-2,7H,3-6H2/t7-/m1/s1. The van der Waals surface area contributed by atoms with Gasteiger partial charge in [-0.15, -0.1) is 0 Å². The van der Waals surface area contributed by atoms with Crippen LogP contribution >= 0.6 is 0 Å². The highest BCUT2D eigenvalue weighted by Crippen LogP contribution is 2.21. The molecule has 1 aliphatic rings. The van der Waals surface area contributed by atoms with Crippen LogP contribution in [0.4, 0.5) is 13.2 Å². The summed E-state index contributed by atoms with van der Waals surface area (Å²) in [5, 5.41) is 0. The molecule has 0 bridgehead atoms. The van der Waals surface area contributed by atoms with Crippen molar-refractivity contribution in [1.29, 1.82) is 0 Å². The predicted octanol–water partition coefficient (Wildman–Crippen LogP) is 2.45. The zero-order chi connectivity index (χ0) is 10.6. The molecule has 1 aliphatic carbocycles. The van der Waals surface area contributed by atoms with Gasteiger partial charge in [0.05, 0.1) is 5.92 Å². The fraction of sp³-hybridized carbons (Fsp3) is 0.667. The Labute approximate surface area is 79.7 Å². The minimum Gasteiger partial charge on any atom is -0.456 e. The maximum Gasteiger partial charge on any atom is 0.422 e. The minimum atomic E-state index is -4.43. The first-order valence-electron chi connectivity index (χ1n) is 4.37. The van der Waals surface area contributed by atoms with Crippen molar-refractivity contribution in [1.82, 2.24) is 0 Å². The van der Waals surface area contributed by atoms with Gasteiger partial charge in [0.25, 0.3) is 0 Å². The molecule has 0 fully saturated rings. The summed E-state index contributed by atoms with van der Waals surface area (Å²) in [6.45, 7) is -1.48. The molecule has 1 atom stereocenters. The Kier molecular flexibility index (Phi) is 3.55. The molecule has 0 aromatic rings. The topological polar surface area (TPSA) is 26.3 Å². The molecule has 0 spiro atoms. The number of esters is 1. The summed E-state index contributed by atoms with van der Waals surface area (Å²) in [7, 11) is 0. The van der Waals surface area contributed by atoms with E-state index in [0.717, 1.165) is 6.42 Å². The van der Waals surface area contributed by atoms with E-state index in [1.807, 2.05) is 6.08 Å². The van der Waals surface area contributed by atoms with Crippen molar-refractivity contribution in [2.24, 2.45) is 5.92 Å². The number of carbonyl (C=O) groups is 1. The molecule has 1 rings (SSSR count). The Morgan fingerprint density at radius 1 is 1.43 bits per heavy atom. The van der Waals surface area contributed by atoms with Crippen LogP contribution < -0.4 is 0 Å². The number of hydrogen-bond acceptors (Lipinski definition) is 2. The highest BCUT2D eigenvalue weighted by Gasteiger charge is 2.31. The van der Waals surface area contributed by atoms with E-state index in [0.29, 0.717) is 12.8 Å². The Balaban J connectivity index is 2.31. The zero-order valence-corrected chi connectivity index (χ0v) is 7.51. The van der Waals surface area contributed by atoms with Crippen LogP contribution in [0.2, 0.25) is 0 Å². The smallest absolute Gasteiger partial charge is 0.422 e. The van der Waals surface area contributed by atoms with Gasteiger partial charge in [0, 0.05) is 0 Å². The summed E-state index contributed by atoms with van der Waals surface area (Å²) in [5.74, 6) is -1.14. The third-order valence-electron chi connectivity index (χ3n) is 1.98. The first kappa shape index (κ1) is 11.1. The zero-order valence-electron chi connectivity index (χ0n) is 7.51. The molecular weight excluding hydrogens is 197 g/mol. The van der Waals surface area contributed by atoms with Crippen LogP contribution in [0.3, 0.4) is 0 Å². The molecule has 0 amide bonds. The summed E-state index contributed by atoms with van der Waals surface area (Å²) < 4.78 is 39.2. The van der Waals surface area contributed by atoms with Crippen molar-refractivity contribution >= 4 is 5.97 Å². The van der Waals surface area contributed by atoms with E-state index in [9.17, 15) is 18.0 Å². The normalized spacial score (nSPS) is 22.1. The van der Waals surface area contributed by atoms with Gasteiger partial charge in [-0.2, -0.15) is 13.2 Å². The third-order valence-corrected chi connectivity index (χ3v) is 1.98. The molecule has 0 aromatic heterocycles. The fourth-order valence-electron chi connectivity index (χ4n) is 1.28. The van der Waals surface area contributed by atoms with Crippen LogP contribution in [0.1, 0.15) is 19.3 Å². The van der Waals surface area contributed by atoms with Gasteiger partial charge in [-0.25, -0.2) is 0 Å². The number of halogens is 3. The number of carbonyl (C=O) groups excluding carboxylic acids is 1. The average Bonchev–Trinajstić information content (AvgIpc) is 2.14. The number of hydrogen-bond donors (Lipinski definition) is 0. The molecule has 0 radical (unpaired) electrons. The van der Waals surface area contributed by atoms with E-state index < -0.39 is 24.7 Å². The largest absolute Gasteiger partial charge is 0.456 e. The lowest BCUT2D eigenvalue weighted by atomic mass is 9.95. The summed E-state index contributed by atoms with van der Waals surface area (Å²) in [6, 6.07) is 0. The second-order valence-electron chi connectivity index (χ2n) is 3.20. The summed E-state index contributed by atoms with van der Waals surface area (Å²) >= 11 is 0. The second-order valence-corrected chi connectivity index (χ2v) is 3.20. The quantitative estimate of drug-likeness (QED) is 0.514. The van der Waals surface area contributed by atoms with Gasteiger partial charge < -0.3 is 4.74 Å². The van der Waals surface area contributed by atoms with Crippen LogP contribution in [-0.4, -0.2) is 18.8 Å². The van der Waals surface area contributed by atoms with Gasteiger partial charge >= 0.3 is 12.1 Å². The molecular formula is C9H11F3O2. The van der Waals surface area contributed by atoms with Crippen LogP contribution in [0, 0.1) is 5.92 Å². The van der Waals surface area contributed by atoms with Crippen LogP contribution in [-0.2, 0) is 9.53 Å². The highest BCUT2D eigenvalue weighted by molar-refractivity contribution is 5.72. The summed E-state index contributed by atoms with van der Waals surface area (Å²) in [5.41, 5.74) is 0. The Bertz CT molecular complexity index is 233. The Morgan fingerprint density at radius 3 is 2.64 bits per heavy atom. The highest BCUT2D eigenvalue weighted by atomic mass is 19.4. The van der Waals surface area contributed by atoms with Gasteiger partial charge in [0.15, 0.2) is 6.61 Å². The summed E-state index contributed by atoms with van der Waals surface area (Å²) in [6.07, 6.45) is 1.06. The van der Waals surface area contributed by atoms with E-state index in [2.05, 4.69) is 4.74 Å². The maximum atomic E-state index is 11.7. The summed E-state index contributed by atoms with van der Waals surface area (Å²) in [4.78, 5) is 11.1. The number of rotatable bonds is 2. The van der Waals surface area contributed by atoms with E-state index in [1.165, 1.54) is 0 Å². The van der Waals surface area contributed by atoms with Crippen LogP contribution in [0.15, 0.2) is 12.2 Å². The third kappa shape index (κ3) is 3.81. The van der Waals surface area contributed by atoms with Crippen molar-refractivity contribution in [2.45, 2.75) is 25.4 Å². The van der Waals surface area contributed by atoms with Crippen molar-refractivity contribution in [3.8, 4) is 0 Å². The molecule has 0 heterocycles. The Morgan fingerprint density at radius 2 is 2.14 bits per heavy atom. The molecule has 0 unspecified atom stereocenters. The van der Waals surface area contributed by atoms with Crippen LogP contribution in [0.5, 0.6) is 0 Å². The predicted molar refractivity (Wildman–Crippen MR) is 43.5 cm³/mol. The SMILES string of the molecule is O=C(OCC(F)(F)F)[C@@H]1CC=CCC1. The van der Waals surface area contributed by atoms with Crippen LogP contribution in [0.25, 0.3) is 0 Å².